The van der Waals surface area contributed by atoms with Crippen LogP contribution in [0.2, 0.25) is 0 Å². The lowest BCUT2D eigenvalue weighted by atomic mass is 10.0. The molecule has 0 spiro atoms. The van der Waals surface area contributed by atoms with Gasteiger partial charge in [0, 0.05) is 227 Å². The molecule has 0 radical (unpaired) electrons. The number of amides is 3. The largest absolute Gasteiger partial charge is 0.353 e. The Hall–Kier alpha value is -9.32. The van der Waals surface area contributed by atoms with Crippen molar-refractivity contribution in [3.8, 4) is 0 Å². The van der Waals surface area contributed by atoms with Gasteiger partial charge in [-0.1, -0.05) is 159 Å². The number of imidazole rings is 3. The molecule has 18 heterocycles. The van der Waals surface area contributed by atoms with Crippen LogP contribution in [0.4, 0.5) is 10.7 Å². The Morgan fingerprint density at radius 1 is 0.374 bits per heavy atom. The van der Waals surface area contributed by atoms with Gasteiger partial charge in [-0.15, -0.1) is 45.3 Å². The second-order valence-corrected chi connectivity index (χ2v) is 44.2. The molecule has 12 aromatic rings. The molecule has 0 fully saturated rings. The van der Waals surface area contributed by atoms with Crippen LogP contribution in [0.25, 0.3) is 31.0 Å². The monoisotopic (exact) mass is 2000 g/mol. The van der Waals surface area contributed by atoms with Crippen LogP contribution < -0.4 is 26.9 Å². The second-order valence-electron chi connectivity index (χ2n) is 40.2. The van der Waals surface area contributed by atoms with Gasteiger partial charge in [-0.3, -0.25) is 51.6 Å². The third-order valence-corrected chi connectivity index (χ3v) is 28.0. The molecule has 0 bridgehead atoms. The van der Waals surface area contributed by atoms with E-state index in [1.807, 2.05) is 253 Å². The van der Waals surface area contributed by atoms with Gasteiger partial charge in [0.25, 0.3) is 17.7 Å². The minimum absolute atomic E-state index is 0.0645. The number of aromatic nitrogens is 11. The van der Waals surface area contributed by atoms with E-state index < -0.39 is 0 Å². The summed E-state index contributed by atoms with van der Waals surface area (Å²) in [4.78, 5) is 91.1. The van der Waals surface area contributed by atoms with E-state index in [9.17, 15) is 28.8 Å². The molecule has 18 rings (SSSR count). The minimum atomic E-state index is -0.155. The molecule has 0 atom stereocenters. The van der Waals surface area contributed by atoms with Gasteiger partial charge in [0.2, 0.25) is 0 Å². The fraction of sp³-hybridized carbons (Fsp3) is 0.604. The van der Waals surface area contributed by atoms with E-state index in [-0.39, 0.29) is 45.9 Å². The smallest absolute Gasteiger partial charge is 0.329 e. The Bertz CT molecular complexity index is 6010. The van der Waals surface area contributed by atoms with Gasteiger partial charge < -0.3 is 47.3 Å². The average Bonchev–Trinajstić information content (AvgIpc) is 1.58. The quantitative estimate of drug-likeness (QED) is 0.161. The molecule has 24 nitrogen and oxygen atoms in total. The fourth-order valence-electron chi connectivity index (χ4n) is 16.7. The number of rotatable bonds is 5. The summed E-state index contributed by atoms with van der Waals surface area (Å²) in [7, 11) is 23.0. The van der Waals surface area contributed by atoms with Gasteiger partial charge in [-0.05, 0) is 217 Å². The van der Waals surface area contributed by atoms with Crippen molar-refractivity contribution >= 4 is 105 Å². The fourth-order valence-corrected chi connectivity index (χ4v) is 21.2. The van der Waals surface area contributed by atoms with Gasteiger partial charge in [0.1, 0.15) is 42.4 Å². The summed E-state index contributed by atoms with van der Waals surface area (Å²) in [5, 5.41) is 5.47. The van der Waals surface area contributed by atoms with Crippen LogP contribution in [0.15, 0.2) is 111 Å². The number of thiophene rings is 4. The highest BCUT2D eigenvalue weighted by atomic mass is 32.1. The van der Waals surface area contributed by atoms with E-state index in [0.717, 1.165) is 116 Å². The van der Waals surface area contributed by atoms with Crippen molar-refractivity contribution in [2.24, 2.45) is 61.8 Å². The van der Waals surface area contributed by atoms with Crippen molar-refractivity contribution in [1.29, 1.82) is 0 Å². The van der Waals surface area contributed by atoms with Gasteiger partial charge in [0.05, 0.1) is 22.2 Å². The Labute approximate surface area is 855 Å². The number of hydrogen-bond acceptors (Lipinski definition) is 14. The van der Waals surface area contributed by atoms with Crippen LogP contribution in [-0.4, -0.2) is 138 Å². The third kappa shape index (κ3) is 30.2. The second kappa shape index (κ2) is 54.8. The van der Waals surface area contributed by atoms with Crippen LogP contribution in [-0.2, 0) is 108 Å². The van der Waals surface area contributed by atoms with Crippen molar-refractivity contribution in [3.63, 3.8) is 0 Å². The first-order chi connectivity index (χ1) is 64.8. The first-order valence-electron chi connectivity index (χ1n) is 50.6. The standard InChI is InChI=1S/2C11H16N2OS.C11H16N2O.C11H18N2.C10H14N2OS.C10H14N2O.C10H14N2S.C10H16N2.C8H10N2O.C5H12.7C2H6/c1-6(2)9-7(3)8-10(15-9)13(5)11(14)12(8)4;1-6(2)8-7(3)15-10-9(8)12(4)11(14)13(10)5;1-11(2,3)13-7-8-5-6-12(4)9(8)10(13)14;1-11(2,3)13-7-9-5-6-12(4)10(9)8-13;1-10(2,3)12-7-5-6-14-8(7)11(4)9(12)13;1-7(2)12-5-4-8-6-11(3)10(13)9(8)12;1-7(2)12-8(3)11(4)9-5-6-13-10(9)12;1-8(2)12-5-4-9-6-11(3)7-10(9)12;1-9-4-3-6-5-10(2)8(11)7(6)9;1-5(2,3)4;7*1-2/h2*6H,1-5H3;5-6H,7H2,1-4H3;5-6H,7-8H2,1-4H3;5-6H,1-4H3;4-5,7H,6H2,1-3H3;5-7H,3H2,1-2,4H3;4-5,8H,6-7H2,1-3H3;3-4H,5H2,1-2H3;1-4H3;7*1-2H3. The number of aryl methyl sites for hydroxylation is 10. The first-order valence-corrected chi connectivity index (χ1v) is 54.0. The number of nitrogens with zero attached hydrogens (tertiary/aromatic N) is 18. The van der Waals surface area contributed by atoms with Crippen molar-refractivity contribution in [2.75, 3.05) is 38.0 Å². The van der Waals surface area contributed by atoms with Gasteiger partial charge in [0.15, 0.2) is 0 Å². The Balaban J connectivity index is 0.000000517. The van der Waals surface area contributed by atoms with Crippen LogP contribution in [0.1, 0.15) is 372 Å². The lowest BCUT2D eigenvalue weighted by molar-refractivity contribution is 0.0600. The highest BCUT2D eigenvalue weighted by Crippen LogP contribution is 2.46. The predicted octanol–water partition coefficient (Wildman–Crippen LogP) is 27.2. The lowest BCUT2D eigenvalue weighted by Gasteiger charge is -2.31. The molecule has 139 heavy (non-hydrogen) atoms. The number of anilines is 2. The normalized spacial score (nSPS) is 13.6. The Kier molecular flexibility index (Phi) is 49.6. The average molecular weight is 2000 g/mol. The van der Waals surface area contributed by atoms with Crippen LogP contribution >= 0.6 is 45.3 Å². The van der Waals surface area contributed by atoms with Crippen molar-refractivity contribution in [1.82, 2.24) is 74.7 Å². The molecule has 0 aromatic carbocycles. The number of fused-ring (bicyclic) bond motifs is 9. The minimum Gasteiger partial charge on any atom is -0.353 e. The van der Waals surface area contributed by atoms with Gasteiger partial charge >= 0.3 is 17.1 Å². The third-order valence-electron chi connectivity index (χ3n) is 23.3. The van der Waals surface area contributed by atoms with Crippen molar-refractivity contribution in [3.05, 3.63) is 205 Å². The summed E-state index contributed by atoms with van der Waals surface area (Å²) < 4.78 is 21.0. The van der Waals surface area contributed by atoms with E-state index >= 15 is 0 Å². The van der Waals surface area contributed by atoms with Crippen LogP contribution in [0.3, 0.4) is 0 Å². The zero-order valence-corrected chi connectivity index (χ0v) is 99.5. The van der Waals surface area contributed by atoms with Crippen LogP contribution in [0, 0.1) is 19.3 Å². The zero-order valence-electron chi connectivity index (χ0n) is 96.3. The number of hydrogen-bond donors (Lipinski definition) is 0. The molecule has 0 saturated carbocycles. The van der Waals surface area contributed by atoms with Gasteiger partial charge in [-0.2, -0.15) is 0 Å². The molecule has 6 aliphatic rings. The number of carbonyl (C=O) groups is 3. The molecule has 6 aliphatic heterocycles. The molecule has 0 saturated heterocycles. The van der Waals surface area contributed by atoms with Crippen molar-refractivity contribution in [2.45, 2.75) is 362 Å². The molecule has 3 amide bonds. The Morgan fingerprint density at radius 3 is 1.23 bits per heavy atom. The number of carbonyl (C=O) groups excluding carboxylic acids is 3. The summed E-state index contributed by atoms with van der Waals surface area (Å²) in [5.74, 6) is 2.50. The maximum Gasteiger partial charge on any atom is 0.329 e. The summed E-state index contributed by atoms with van der Waals surface area (Å²) in [6, 6.07) is 16.1. The predicted molar refractivity (Wildman–Crippen MR) is 605 cm³/mol. The summed E-state index contributed by atoms with van der Waals surface area (Å²) in [6.07, 6.45) is 10.2. The SMILES string of the molecule is C=C1N(C)c2ccsc2N1C(C)C.CC.CC.CC.CC.CC.CC.CC.CC(C)(C)C.CC(C)n1ccc2c1C(=O)N(C)C2.CC(C)n1ccc2c1CN(C)C2.CN1Cc2ccn(C)c2C1=O.Cc1c(C(C)C)sc2c1n(C)c(=O)n2C.Cc1sc2c(c1C(C)C)n(C)c(=O)n2C.Cn1c(=O)n(C(C)(C)C)c2ccsc21.Cn1ccc2c1C(=O)N(C(C)(C)C)C2.Cn1ccc2c1CN(C(C)(C)C)C2. The molecular weight excluding hydrogens is 1810 g/mol. The molecule has 0 N–H and O–H groups in total. The van der Waals surface area contributed by atoms with Gasteiger partial charge in [-0.25, -0.2) is 14.4 Å². The van der Waals surface area contributed by atoms with Crippen LogP contribution in [0.5, 0.6) is 0 Å². The highest BCUT2D eigenvalue weighted by Gasteiger charge is 2.38. The molecular formula is C111H188N18O6S4. The van der Waals surface area contributed by atoms with E-state index in [4.69, 9.17) is 0 Å². The molecule has 28 heteroatoms. The van der Waals surface area contributed by atoms with Crippen molar-refractivity contribution < 1.29 is 14.4 Å². The van der Waals surface area contributed by atoms with E-state index in [1.165, 1.54) is 54.1 Å². The zero-order chi connectivity index (χ0) is 108. The maximum atomic E-state index is 12.0. The molecule has 0 unspecified atom stereocenters. The molecule has 12 aromatic heterocycles. The van der Waals surface area contributed by atoms with E-state index in [0.29, 0.717) is 40.9 Å². The molecule has 782 valence electrons. The lowest BCUT2D eigenvalue weighted by Crippen LogP contribution is -2.41. The summed E-state index contributed by atoms with van der Waals surface area (Å²) in [5.41, 5.74) is 19.8. The van der Waals surface area contributed by atoms with E-state index in [2.05, 4.69) is 245 Å². The van der Waals surface area contributed by atoms with E-state index in [1.54, 1.807) is 78.0 Å². The highest BCUT2D eigenvalue weighted by molar-refractivity contribution is 7.19. The summed E-state index contributed by atoms with van der Waals surface area (Å²) >= 11 is 6.83. The molecule has 0 aliphatic carbocycles. The Morgan fingerprint density at radius 2 is 0.791 bits per heavy atom. The maximum absolute atomic E-state index is 12.0. The summed E-state index contributed by atoms with van der Waals surface area (Å²) in [6.45, 7) is 92.7. The first kappa shape index (κ1) is 126. The topological polar surface area (TPSA) is 179 Å².